The van der Waals surface area contributed by atoms with Crippen molar-refractivity contribution in [3.05, 3.63) is 53.6 Å². The lowest BCUT2D eigenvalue weighted by molar-refractivity contribution is -0.133. The number of anilines is 1. The normalized spacial score (nSPS) is 20.0. The van der Waals surface area contributed by atoms with Crippen LogP contribution in [0.15, 0.2) is 42.5 Å². The molecule has 0 aliphatic carbocycles. The van der Waals surface area contributed by atoms with Crippen LogP contribution in [0.1, 0.15) is 37.8 Å². The van der Waals surface area contributed by atoms with Gasteiger partial charge in [0.15, 0.2) is 11.5 Å². The number of urea groups is 1. The summed E-state index contributed by atoms with van der Waals surface area (Å²) in [6.45, 7) is 4.48. The van der Waals surface area contributed by atoms with Crippen LogP contribution in [-0.2, 0) is 21.5 Å². The van der Waals surface area contributed by atoms with Crippen LogP contribution in [-0.4, -0.2) is 42.5 Å². The number of ether oxygens (including phenoxy) is 2. The molecular formula is C24H27N3O5. The summed E-state index contributed by atoms with van der Waals surface area (Å²) in [6.07, 6.45) is 2.75. The number of nitrogens with zero attached hydrogens (tertiary/aromatic N) is 1. The summed E-state index contributed by atoms with van der Waals surface area (Å²) in [4.78, 5) is 39.2. The molecule has 0 saturated carbocycles. The van der Waals surface area contributed by atoms with E-state index in [-0.39, 0.29) is 6.54 Å². The van der Waals surface area contributed by atoms with Gasteiger partial charge in [0.1, 0.15) is 12.1 Å². The van der Waals surface area contributed by atoms with Crippen LogP contribution < -0.4 is 20.1 Å². The topological polar surface area (TPSA) is 97.0 Å². The number of imide groups is 1. The van der Waals surface area contributed by atoms with Crippen molar-refractivity contribution in [3.8, 4) is 11.5 Å². The van der Waals surface area contributed by atoms with E-state index in [1.54, 1.807) is 25.1 Å². The third-order valence-corrected chi connectivity index (χ3v) is 5.68. The Labute approximate surface area is 186 Å². The van der Waals surface area contributed by atoms with Crippen LogP contribution in [0, 0.1) is 0 Å². The van der Waals surface area contributed by atoms with Gasteiger partial charge in [-0.15, -0.1) is 0 Å². The number of fused-ring (bicyclic) bond motifs is 1. The first-order valence-electron chi connectivity index (χ1n) is 10.8. The molecule has 4 amide bonds. The number of hydrogen-bond donors (Lipinski definition) is 2. The number of aryl methyl sites for hydroxylation is 1. The minimum absolute atomic E-state index is 0.386. The van der Waals surface area contributed by atoms with Crippen molar-refractivity contribution in [1.29, 1.82) is 0 Å². The van der Waals surface area contributed by atoms with Gasteiger partial charge in [-0.2, -0.15) is 0 Å². The Morgan fingerprint density at radius 2 is 1.81 bits per heavy atom. The highest BCUT2D eigenvalue weighted by atomic mass is 16.5. The van der Waals surface area contributed by atoms with Crippen molar-refractivity contribution >= 4 is 23.5 Å². The predicted octanol–water partition coefficient (Wildman–Crippen LogP) is 3.21. The molecule has 32 heavy (non-hydrogen) atoms. The van der Waals surface area contributed by atoms with Crippen LogP contribution >= 0.6 is 0 Å². The number of carbonyl (C=O) groups excluding carboxylic acids is 3. The molecule has 2 aromatic carbocycles. The van der Waals surface area contributed by atoms with Crippen molar-refractivity contribution < 1.29 is 23.9 Å². The Balaban J connectivity index is 1.44. The predicted molar refractivity (Wildman–Crippen MR) is 119 cm³/mol. The number of rotatable bonds is 6. The molecular weight excluding hydrogens is 410 g/mol. The van der Waals surface area contributed by atoms with Gasteiger partial charge in [0, 0.05) is 18.2 Å². The van der Waals surface area contributed by atoms with E-state index in [0.717, 1.165) is 24.2 Å². The number of carbonyl (C=O) groups is 3. The van der Waals surface area contributed by atoms with E-state index in [1.807, 2.05) is 24.3 Å². The molecule has 4 rings (SSSR count). The summed E-state index contributed by atoms with van der Waals surface area (Å²) in [5, 5.41) is 5.46. The molecule has 1 fully saturated rings. The number of amides is 4. The van der Waals surface area contributed by atoms with Crippen LogP contribution in [0.25, 0.3) is 0 Å². The van der Waals surface area contributed by atoms with Crippen molar-refractivity contribution in [2.24, 2.45) is 0 Å². The van der Waals surface area contributed by atoms with Gasteiger partial charge in [-0.05, 0) is 36.6 Å². The van der Waals surface area contributed by atoms with E-state index in [2.05, 4.69) is 17.6 Å². The number of nitrogens with one attached hydrogen (secondary N) is 2. The zero-order chi connectivity index (χ0) is 22.7. The molecule has 0 bridgehead atoms. The van der Waals surface area contributed by atoms with E-state index < -0.39 is 23.4 Å². The molecule has 2 aliphatic heterocycles. The van der Waals surface area contributed by atoms with E-state index >= 15 is 0 Å². The van der Waals surface area contributed by atoms with E-state index in [1.165, 1.54) is 5.56 Å². The average molecular weight is 437 g/mol. The maximum Gasteiger partial charge on any atom is 0.325 e. The fourth-order valence-electron chi connectivity index (χ4n) is 3.91. The summed E-state index contributed by atoms with van der Waals surface area (Å²) in [6, 6.07) is 12.1. The van der Waals surface area contributed by atoms with Crippen LogP contribution in [0.4, 0.5) is 10.5 Å². The molecule has 0 aromatic heterocycles. The zero-order valence-corrected chi connectivity index (χ0v) is 18.3. The van der Waals surface area contributed by atoms with Gasteiger partial charge in [-0.25, -0.2) is 4.79 Å². The van der Waals surface area contributed by atoms with E-state index in [0.29, 0.717) is 36.0 Å². The van der Waals surface area contributed by atoms with Crippen LogP contribution in [0.2, 0.25) is 0 Å². The monoisotopic (exact) mass is 437 g/mol. The second kappa shape index (κ2) is 8.90. The summed E-state index contributed by atoms with van der Waals surface area (Å²) in [7, 11) is 0. The molecule has 0 spiro atoms. The molecule has 2 aromatic rings. The van der Waals surface area contributed by atoms with Gasteiger partial charge in [0.2, 0.25) is 5.91 Å². The van der Waals surface area contributed by atoms with Gasteiger partial charge in [-0.1, -0.05) is 37.6 Å². The molecule has 8 nitrogen and oxygen atoms in total. The Hall–Kier alpha value is -3.55. The van der Waals surface area contributed by atoms with Gasteiger partial charge in [0.25, 0.3) is 5.91 Å². The first-order chi connectivity index (χ1) is 15.4. The SMILES string of the molecule is CCCc1ccc(C2(C)NC(=O)N(CC(=O)Nc3ccc4c(c3)OCCCO4)C2=O)cc1. The lowest BCUT2D eigenvalue weighted by Gasteiger charge is -2.22. The molecule has 2 heterocycles. The molecule has 2 N–H and O–H groups in total. The maximum absolute atomic E-state index is 13.1. The second-order valence-corrected chi connectivity index (χ2v) is 8.15. The van der Waals surface area contributed by atoms with Crippen molar-refractivity contribution in [1.82, 2.24) is 10.2 Å². The molecule has 1 saturated heterocycles. The highest BCUT2D eigenvalue weighted by molar-refractivity contribution is 6.10. The Kier molecular flexibility index (Phi) is 6.03. The Bertz CT molecular complexity index is 1040. The number of hydrogen-bond acceptors (Lipinski definition) is 5. The molecule has 2 aliphatic rings. The second-order valence-electron chi connectivity index (χ2n) is 8.15. The lowest BCUT2D eigenvalue weighted by Crippen LogP contribution is -2.42. The van der Waals surface area contributed by atoms with Gasteiger partial charge in [-0.3, -0.25) is 14.5 Å². The quantitative estimate of drug-likeness (QED) is 0.677. The number of benzene rings is 2. The minimum atomic E-state index is -1.21. The standard InChI is InChI=1S/C24H27N3O5/c1-3-5-16-6-8-17(9-7-16)24(2)22(29)27(23(30)26-24)15-21(28)25-18-10-11-19-20(14-18)32-13-4-12-31-19/h6-11,14H,3-5,12-13,15H2,1-2H3,(H,25,28)(H,26,30). The summed E-state index contributed by atoms with van der Waals surface area (Å²) < 4.78 is 11.2. The van der Waals surface area contributed by atoms with Gasteiger partial charge >= 0.3 is 6.03 Å². The first-order valence-corrected chi connectivity index (χ1v) is 10.8. The highest BCUT2D eigenvalue weighted by Crippen LogP contribution is 2.33. The van der Waals surface area contributed by atoms with E-state index in [9.17, 15) is 14.4 Å². The van der Waals surface area contributed by atoms with Gasteiger partial charge in [0.05, 0.1) is 13.2 Å². The fourth-order valence-corrected chi connectivity index (χ4v) is 3.91. The maximum atomic E-state index is 13.1. The zero-order valence-electron chi connectivity index (χ0n) is 18.3. The molecule has 8 heteroatoms. The molecule has 1 unspecified atom stereocenters. The Morgan fingerprint density at radius 3 is 2.53 bits per heavy atom. The van der Waals surface area contributed by atoms with Gasteiger partial charge < -0.3 is 20.1 Å². The smallest absolute Gasteiger partial charge is 0.325 e. The van der Waals surface area contributed by atoms with Crippen molar-refractivity contribution in [2.45, 2.75) is 38.6 Å². The lowest BCUT2D eigenvalue weighted by atomic mass is 9.91. The van der Waals surface area contributed by atoms with Crippen molar-refractivity contribution in [2.75, 3.05) is 25.1 Å². The summed E-state index contributed by atoms with van der Waals surface area (Å²) in [5.41, 5.74) is 1.14. The summed E-state index contributed by atoms with van der Waals surface area (Å²) in [5.74, 6) is 0.231. The largest absolute Gasteiger partial charge is 0.490 e. The highest BCUT2D eigenvalue weighted by Gasteiger charge is 2.49. The minimum Gasteiger partial charge on any atom is -0.490 e. The average Bonchev–Trinajstić information content (AvgIpc) is 2.93. The van der Waals surface area contributed by atoms with E-state index in [4.69, 9.17) is 9.47 Å². The third kappa shape index (κ3) is 4.26. The third-order valence-electron chi connectivity index (χ3n) is 5.68. The molecule has 0 radical (unpaired) electrons. The fraction of sp³-hybridized carbons (Fsp3) is 0.375. The molecule has 168 valence electrons. The molecule has 1 atom stereocenters. The Morgan fingerprint density at radius 1 is 1.09 bits per heavy atom. The first kappa shape index (κ1) is 21.7. The summed E-state index contributed by atoms with van der Waals surface area (Å²) >= 11 is 0. The van der Waals surface area contributed by atoms with Crippen LogP contribution in [0.3, 0.4) is 0 Å². The van der Waals surface area contributed by atoms with Crippen molar-refractivity contribution in [3.63, 3.8) is 0 Å². The van der Waals surface area contributed by atoms with Crippen LogP contribution in [0.5, 0.6) is 11.5 Å².